The first kappa shape index (κ1) is 31.7. The highest BCUT2D eigenvalue weighted by molar-refractivity contribution is 5.87. The van der Waals surface area contributed by atoms with Gasteiger partial charge in [-0.15, -0.1) is 0 Å². The molecule has 4 aliphatic heterocycles. The Labute approximate surface area is 262 Å². The Morgan fingerprint density at radius 2 is 1.80 bits per heavy atom. The van der Waals surface area contributed by atoms with Crippen LogP contribution in [-0.4, -0.2) is 108 Å². The maximum absolute atomic E-state index is 14.1. The molecule has 6 rings (SSSR count). The molecule has 13 heteroatoms. The Kier molecular flexibility index (Phi) is 8.55. The summed E-state index contributed by atoms with van der Waals surface area (Å²) >= 11 is 0. The van der Waals surface area contributed by atoms with Gasteiger partial charge in [-0.3, -0.25) is 14.7 Å². The molecule has 4 fully saturated rings. The van der Waals surface area contributed by atoms with Gasteiger partial charge >= 0.3 is 6.18 Å². The molecule has 4 atom stereocenters. The molecule has 4 aliphatic rings. The first-order valence-corrected chi connectivity index (χ1v) is 15.7. The first-order chi connectivity index (χ1) is 21.5. The van der Waals surface area contributed by atoms with Gasteiger partial charge in [-0.2, -0.15) is 13.2 Å². The smallest absolute Gasteiger partial charge is 0.374 e. The summed E-state index contributed by atoms with van der Waals surface area (Å²) in [6.45, 7) is 14.4. The van der Waals surface area contributed by atoms with Crippen molar-refractivity contribution in [2.24, 2.45) is 0 Å². The molecule has 2 aromatic rings. The normalized spacial score (nSPS) is 27.1. The second kappa shape index (κ2) is 12.1. The van der Waals surface area contributed by atoms with Gasteiger partial charge in [-0.1, -0.05) is 6.58 Å². The third-order valence-electron chi connectivity index (χ3n) is 10.2. The van der Waals surface area contributed by atoms with Crippen LogP contribution in [0.15, 0.2) is 31.0 Å². The van der Waals surface area contributed by atoms with Crippen molar-refractivity contribution in [2.75, 3.05) is 69.4 Å². The van der Waals surface area contributed by atoms with Gasteiger partial charge < -0.3 is 24.2 Å². The number of piperazine rings is 1. The number of carbonyl (C=O) groups is 1. The third-order valence-corrected chi connectivity index (χ3v) is 10.2. The predicted molar refractivity (Wildman–Crippen MR) is 163 cm³/mol. The molecular weight excluding hydrogens is 587 g/mol. The van der Waals surface area contributed by atoms with Crippen molar-refractivity contribution in [1.29, 1.82) is 0 Å². The Hall–Kier alpha value is -3.29. The Bertz CT molecular complexity index is 1420. The van der Waals surface area contributed by atoms with Crippen LogP contribution in [-0.2, 0) is 26.0 Å². The SMILES string of the molecule is C=CC(=O)N1CCN([C@@H]2CN(c3cc(N4CC[C@H](c5c(C)ccnc5C5(OC)COC5)C[C@H]4C)nc(C(F)(F)F)n3)[C@@H]2C)CC1. The number of aromatic nitrogens is 3. The van der Waals surface area contributed by atoms with Crippen molar-refractivity contribution < 1.29 is 27.4 Å². The average Bonchev–Trinajstić information content (AvgIpc) is 2.99. The van der Waals surface area contributed by atoms with Crippen LogP contribution in [0.2, 0.25) is 0 Å². The number of piperidine rings is 1. The van der Waals surface area contributed by atoms with Gasteiger partial charge in [0.2, 0.25) is 11.7 Å². The molecule has 0 spiro atoms. The minimum absolute atomic E-state index is 0.0331. The number of pyridine rings is 1. The van der Waals surface area contributed by atoms with Crippen LogP contribution in [0.3, 0.4) is 0 Å². The standard InChI is InChI=1S/C32H42F3N7O3/c1-6-27(43)40-13-11-39(12-14-40)24-17-42(22(24)4)26-16-25(37-30(38-26)32(33,34)35)41-10-8-23(15-21(41)3)28-20(2)7-9-36-29(28)31(44-5)18-45-19-31/h6-7,9,16,21-24H,1,8,10-15,17-19H2,2-5H3/t21-,22-,23+,24-/m1/s1. The molecule has 0 bridgehead atoms. The van der Waals surface area contributed by atoms with E-state index in [1.54, 1.807) is 24.3 Å². The zero-order valence-corrected chi connectivity index (χ0v) is 26.4. The summed E-state index contributed by atoms with van der Waals surface area (Å²) in [4.78, 5) is 32.8. The monoisotopic (exact) mass is 629 g/mol. The van der Waals surface area contributed by atoms with Crippen molar-refractivity contribution >= 4 is 17.5 Å². The van der Waals surface area contributed by atoms with Crippen LogP contribution in [0.25, 0.3) is 0 Å². The number of rotatable bonds is 7. The summed E-state index contributed by atoms with van der Waals surface area (Å²) in [5, 5.41) is 0. The van der Waals surface area contributed by atoms with Crippen molar-refractivity contribution in [3.63, 3.8) is 0 Å². The van der Waals surface area contributed by atoms with E-state index in [9.17, 15) is 18.0 Å². The number of alkyl halides is 3. The number of nitrogens with zero attached hydrogens (tertiary/aromatic N) is 7. The van der Waals surface area contributed by atoms with Gasteiger partial charge in [0, 0.05) is 76.8 Å². The number of amides is 1. The lowest BCUT2D eigenvalue weighted by atomic mass is 9.79. The molecule has 0 aromatic carbocycles. The minimum Gasteiger partial charge on any atom is -0.374 e. The summed E-state index contributed by atoms with van der Waals surface area (Å²) in [6, 6.07) is 3.79. The Balaban J connectivity index is 1.20. The van der Waals surface area contributed by atoms with Gasteiger partial charge in [0.25, 0.3) is 0 Å². The van der Waals surface area contributed by atoms with Crippen LogP contribution in [0, 0.1) is 6.92 Å². The molecular formula is C32H42F3N7O3. The second-order valence-electron chi connectivity index (χ2n) is 12.8. The molecule has 0 unspecified atom stereocenters. The number of methoxy groups -OCH3 is 1. The summed E-state index contributed by atoms with van der Waals surface area (Å²) in [6.07, 6.45) is -0.0555. The Morgan fingerprint density at radius 1 is 1.11 bits per heavy atom. The highest BCUT2D eigenvalue weighted by atomic mass is 19.4. The lowest BCUT2D eigenvalue weighted by Gasteiger charge is -2.53. The number of hydrogen-bond donors (Lipinski definition) is 0. The number of halogens is 3. The van der Waals surface area contributed by atoms with Gasteiger partial charge in [0.1, 0.15) is 11.6 Å². The van der Waals surface area contributed by atoms with E-state index >= 15 is 0 Å². The van der Waals surface area contributed by atoms with E-state index in [2.05, 4.69) is 28.4 Å². The highest BCUT2D eigenvalue weighted by Gasteiger charge is 2.46. The predicted octanol–water partition coefficient (Wildman–Crippen LogP) is 3.75. The van der Waals surface area contributed by atoms with Crippen molar-refractivity contribution in [3.05, 3.63) is 53.6 Å². The molecule has 244 valence electrons. The number of carbonyl (C=O) groups excluding carboxylic acids is 1. The topological polar surface area (TPSA) is 87.2 Å². The van der Waals surface area contributed by atoms with Gasteiger partial charge in [-0.05, 0) is 62.8 Å². The van der Waals surface area contributed by atoms with Crippen LogP contribution in [0.4, 0.5) is 24.8 Å². The minimum atomic E-state index is -4.67. The number of aryl methyl sites for hydroxylation is 1. The molecule has 1 amide bonds. The molecule has 0 aliphatic carbocycles. The lowest BCUT2D eigenvalue weighted by molar-refractivity contribution is -0.205. The zero-order chi connectivity index (χ0) is 32.1. The zero-order valence-electron chi connectivity index (χ0n) is 26.4. The van der Waals surface area contributed by atoms with Crippen molar-refractivity contribution in [2.45, 2.75) is 69.4 Å². The maximum Gasteiger partial charge on any atom is 0.451 e. The van der Waals surface area contributed by atoms with E-state index in [0.717, 1.165) is 29.7 Å². The fourth-order valence-corrected chi connectivity index (χ4v) is 7.42. The summed E-state index contributed by atoms with van der Waals surface area (Å²) < 4.78 is 53.7. The van der Waals surface area contributed by atoms with E-state index in [1.165, 1.54) is 6.08 Å². The van der Waals surface area contributed by atoms with Gasteiger partial charge in [-0.25, -0.2) is 9.97 Å². The van der Waals surface area contributed by atoms with E-state index < -0.39 is 17.6 Å². The molecule has 45 heavy (non-hydrogen) atoms. The molecule has 2 aromatic heterocycles. The van der Waals surface area contributed by atoms with Gasteiger partial charge in [0.05, 0.1) is 18.9 Å². The van der Waals surface area contributed by atoms with E-state index in [-0.39, 0.29) is 30.0 Å². The fourth-order valence-electron chi connectivity index (χ4n) is 7.42. The van der Waals surface area contributed by atoms with Crippen molar-refractivity contribution in [3.8, 4) is 0 Å². The van der Waals surface area contributed by atoms with Crippen LogP contribution >= 0.6 is 0 Å². The average molecular weight is 630 g/mol. The molecule has 10 nitrogen and oxygen atoms in total. The number of ether oxygens (including phenoxy) is 2. The van der Waals surface area contributed by atoms with Gasteiger partial charge in [0.15, 0.2) is 5.60 Å². The summed E-state index contributed by atoms with van der Waals surface area (Å²) in [7, 11) is 1.68. The number of anilines is 2. The summed E-state index contributed by atoms with van der Waals surface area (Å²) in [5.74, 6) is -0.423. The van der Waals surface area contributed by atoms with E-state index in [4.69, 9.17) is 14.5 Å². The van der Waals surface area contributed by atoms with E-state index in [0.29, 0.717) is 64.1 Å². The quantitative estimate of drug-likeness (QED) is 0.425. The first-order valence-electron chi connectivity index (χ1n) is 15.7. The highest BCUT2D eigenvalue weighted by Crippen LogP contribution is 2.43. The molecule has 0 saturated carbocycles. The van der Waals surface area contributed by atoms with Crippen LogP contribution < -0.4 is 9.80 Å². The molecule has 6 heterocycles. The molecule has 0 N–H and O–H groups in total. The largest absolute Gasteiger partial charge is 0.451 e. The van der Waals surface area contributed by atoms with Crippen molar-refractivity contribution in [1.82, 2.24) is 24.8 Å². The second-order valence-corrected chi connectivity index (χ2v) is 12.8. The lowest BCUT2D eigenvalue weighted by Crippen LogP contribution is -2.68. The summed E-state index contributed by atoms with van der Waals surface area (Å²) in [5.41, 5.74) is 2.63. The van der Waals surface area contributed by atoms with Crippen LogP contribution in [0.5, 0.6) is 0 Å². The number of hydrogen-bond acceptors (Lipinski definition) is 9. The Morgan fingerprint density at radius 3 is 2.36 bits per heavy atom. The third kappa shape index (κ3) is 5.78. The van der Waals surface area contributed by atoms with E-state index in [1.807, 2.05) is 29.7 Å². The molecule has 4 saturated heterocycles. The fraction of sp³-hybridized carbons (Fsp3) is 0.625. The molecule has 0 radical (unpaired) electrons. The van der Waals surface area contributed by atoms with Crippen LogP contribution in [0.1, 0.15) is 55.3 Å². The maximum atomic E-state index is 14.1.